The van der Waals surface area contributed by atoms with Crippen molar-refractivity contribution < 1.29 is 4.74 Å². The van der Waals surface area contributed by atoms with E-state index < -0.39 is 0 Å². The van der Waals surface area contributed by atoms with E-state index in [1.54, 1.807) is 18.2 Å². The highest BCUT2D eigenvalue weighted by molar-refractivity contribution is 6.37. The van der Waals surface area contributed by atoms with E-state index >= 15 is 0 Å². The molecule has 1 aromatic carbocycles. The average Bonchev–Trinajstić information content (AvgIpc) is 2.76. The highest BCUT2D eigenvalue weighted by atomic mass is 35.5. The molecule has 94 valence electrons. The molecule has 1 unspecified atom stereocenters. The van der Waals surface area contributed by atoms with Crippen LogP contribution < -0.4 is 4.74 Å². The third-order valence-electron chi connectivity index (χ3n) is 2.59. The molecule has 1 aromatic rings. The Balaban J connectivity index is 0.00000144. The molecule has 1 heterocycles. The second-order valence-electron chi connectivity index (χ2n) is 3.79. The third-order valence-corrected chi connectivity index (χ3v) is 3.18. The quantitative estimate of drug-likeness (QED) is 0.809. The van der Waals surface area contributed by atoms with Crippen molar-refractivity contribution in [2.45, 2.75) is 25.9 Å². The van der Waals surface area contributed by atoms with Crippen molar-refractivity contribution in [1.82, 2.24) is 0 Å². The van der Waals surface area contributed by atoms with Crippen LogP contribution in [0.5, 0.6) is 5.75 Å². The maximum atomic E-state index is 6.03. The molecule has 1 aliphatic rings. The topological polar surface area (TPSA) is 21.6 Å². The maximum Gasteiger partial charge on any atom is 0.157 e. The predicted molar refractivity (Wildman–Crippen MR) is 75.3 cm³/mol. The van der Waals surface area contributed by atoms with E-state index in [-0.39, 0.29) is 18.5 Å². The van der Waals surface area contributed by atoms with Gasteiger partial charge in [-0.1, -0.05) is 29.3 Å². The Morgan fingerprint density at radius 3 is 2.47 bits per heavy atom. The van der Waals surface area contributed by atoms with Gasteiger partial charge in [0.1, 0.15) is 6.10 Å². The first kappa shape index (κ1) is 14.6. The summed E-state index contributed by atoms with van der Waals surface area (Å²) in [5.74, 6) is 0.549. The zero-order valence-corrected chi connectivity index (χ0v) is 11.8. The standard InChI is InChI=1S/C12H13Cl2NO.ClH/c1-8(11-6-3-7-15-11)16-12-9(13)4-2-5-10(12)14;/h2,4-5,8H,3,6-7H2,1H3;1H. The molecule has 0 bridgehead atoms. The Bertz CT molecular complexity index is 400. The third kappa shape index (κ3) is 3.51. The van der Waals surface area contributed by atoms with E-state index in [9.17, 15) is 0 Å². The number of para-hydroxylation sites is 1. The van der Waals surface area contributed by atoms with Gasteiger partial charge in [-0.15, -0.1) is 12.4 Å². The van der Waals surface area contributed by atoms with Crippen molar-refractivity contribution in [3.8, 4) is 5.75 Å². The summed E-state index contributed by atoms with van der Waals surface area (Å²) in [4.78, 5) is 4.40. The lowest BCUT2D eigenvalue weighted by atomic mass is 10.2. The molecular formula is C12H14Cl3NO. The van der Waals surface area contributed by atoms with Gasteiger partial charge in [0.25, 0.3) is 0 Å². The molecule has 1 aliphatic heterocycles. The van der Waals surface area contributed by atoms with Gasteiger partial charge in [0, 0.05) is 6.54 Å². The van der Waals surface area contributed by atoms with E-state index in [4.69, 9.17) is 27.9 Å². The molecule has 0 saturated heterocycles. The van der Waals surface area contributed by atoms with Crippen LogP contribution in [0, 0.1) is 0 Å². The van der Waals surface area contributed by atoms with Crippen LogP contribution in [-0.4, -0.2) is 18.4 Å². The smallest absolute Gasteiger partial charge is 0.157 e. The van der Waals surface area contributed by atoms with Crippen LogP contribution in [0.15, 0.2) is 23.2 Å². The van der Waals surface area contributed by atoms with Gasteiger partial charge in [-0.05, 0) is 31.9 Å². The number of nitrogens with zero attached hydrogens (tertiary/aromatic N) is 1. The largest absolute Gasteiger partial charge is 0.482 e. The van der Waals surface area contributed by atoms with Crippen molar-refractivity contribution in [3.63, 3.8) is 0 Å². The van der Waals surface area contributed by atoms with Crippen molar-refractivity contribution >= 4 is 41.3 Å². The van der Waals surface area contributed by atoms with E-state index in [1.807, 2.05) is 6.92 Å². The summed E-state index contributed by atoms with van der Waals surface area (Å²) >= 11 is 12.1. The lowest BCUT2D eigenvalue weighted by Gasteiger charge is -2.16. The van der Waals surface area contributed by atoms with Gasteiger partial charge < -0.3 is 4.74 Å². The van der Waals surface area contributed by atoms with Crippen molar-refractivity contribution in [2.24, 2.45) is 4.99 Å². The molecule has 2 nitrogen and oxygen atoms in total. The van der Waals surface area contributed by atoms with Crippen molar-refractivity contribution in [3.05, 3.63) is 28.2 Å². The minimum absolute atomic E-state index is 0. The Morgan fingerprint density at radius 1 is 1.29 bits per heavy atom. The van der Waals surface area contributed by atoms with Gasteiger partial charge in [-0.2, -0.15) is 0 Å². The summed E-state index contributed by atoms with van der Waals surface area (Å²) in [6, 6.07) is 5.34. The second kappa shape index (κ2) is 6.48. The maximum absolute atomic E-state index is 6.03. The zero-order valence-electron chi connectivity index (χ0n) is 9.45. The van der Waals surface area contributed by atoms with Gasteiger partial charge in [-0.25, -0.2) is 0 Å². The zero-order chi connectivity index (χ0) is 11.5. The number of aliphatic imine (C=N–C) groups is 1. The number of ether oxygens (including phenoxy) is 1. The SMILES string of the molecule is CC(Oc1c(Cl)cccc1Cl)C1=NCCC1.Cl. The lowest BCUT2D eigenvalue weighted by molar-refractivity contribution is 0.286. The summed E-state index contributed by atoms with van der Waals surface area (Å²) in [6.07, 6.45) is 2.06. The second-order valence-corrected chi connectivity index (χ2v) is 4.60. The summed E-state index contributed by atoms with van der Waals surface area (Å²) in [5, 5.41) is 1.08. The Labute approximate surface area is 117 Å². The molecule has 0 spiro atoms. The molecule has 0 aliphatic carbocycles. The van der Waals surface area contributed by atoms with E-state index in [0.29, 0.717) is 15.8 Å². The number of hydrogen-bond donors (Lipinski definition) is 0. The fraction of sp³-hybridized carbons (Fsp3) is 0.417. The first-order valence-electron chi connectivity index (χ1n) is 5.32. The molecule has 0 radical (unpaired) electrons. The number of hydrogen-bond acceptors (Lipinski definition) is 2. The summed E-state index contributed by atoms with van der Waals surface area (Å²) < 4.78 is 5.77. The van der Waals surface area contributed by atoms with Crippen LogP contribution >= 0.6 is 35.6 Å². The first-order chi connectivity index (χ1) is 7.68. The fourth-order valence-corrected chi connectivity index (χ4v) is 2.22. The van der Waals surface area contributed by atoms with E-state index in [0.717, 1.165) is 25.1 Å². The molecule has 17 heavy (non-hydrogen) atoms. The molecule has 5 heteroatoms. The normalized spacial score (nSPS) is 16.1. The van der Waals surface area contributed by atoms with Crippen LogP contribution in [-0.2, 0) is 0 Å². The van der Waals surface area contributed by atoms with Crippen LogP contribution in [0.4, 0.5) is 0 Å². The summed E-state index contributed by atoms with van der Waals surface area (Å²) in [7, 11) is 0. The lowest BCUT2D eigenvalue weighted by Crippen LogP contribution is -2.22. The molecule has 0 aromatic heterocycles. The molecule has 0 fully saturated rings. The Hall–Kier alpha value is -0.440. The van der Waals surface area contributed by atoms with Crippen molar-refractivity contribution in [1.29, 1.82) is 0 Å². The average molecular weight is 295 g/mol. The van der Waals surface area contributed by atoms with Gasteiger partial charge in [0.05, 0.1) is 15.8 Å². The van der Waals surface area contributed by atoms with Gasteiger partial charge in [-0.3, -0.25) is 4.99 Å². The number of halogens is 3. The minimum atomic E-state index is -0.0556. The van der Waals surface area contributed by atoms with Gasteiger partial charge in [0.2, 0.25) is 0 Å². The molecule has 0 amide bonds. The summed E-state index contributed by atoms with van der Waals surface area (Å²) in [6.45, 7) is 2.88. The van der Waals surface area contributed by atoms with Crippen molar-refractivity contribution in [2.75, 3.05) is 6.54 Å². The highest BCUT2D eigenvalue weighted by Crippen LogP contribution is 2.33. The van der Waals surface area contributed by atoms with Gasteiger partial charge >= 0.3 is 0 Å². The molecular weight excluding hydrogens is 280 g/mol. The van der Waals surface area contributed by atoms with Crippen LogP contribution in [0.1, 0.15) is 19.8 Å². The minimum Gasteiger partial charge on any atom is -0.482 e. The van der Waals surface area contributed by atoms with Gasteiger partial charge in [0.15, 0.2) is 5.75 Å². The Morgan fingerprint density at radius 2 is 1.94 bits per heavy atom. The molecule has 0 N–H and O–H groups in total. The predicted octanol–water partition coefficient (Wildman–Crippen LogP) is 4.42. The monoisotopic (exact) mass is 293 g/mol. The Kier molecular flexibility index (Phi) is 5.57. The van der Waals surface area contributed by atoms with Crippen LogP contribution in [0.2, 0.25) is 10.0 Å². The molecule has 2 rings (SSSR count). The summed E-state index contributed by atoms with van der Waals surface area (Å²) in [5.41, 5.74) is 1.09. The highest BCUT2D eigenvalue weighted by Gasteiger charge is 2.18. The van der Waals surface area contributed by atoms with E-state index in [2.05, 4.69) is 4.99 Å². The van der Waals surface area contributed by atoms with Crippen LogP contribution in [0.25, 0.3) is 0 Å². The first-order valence-corrected chi connectivity index (χ1v) is 6.08. The number of rotatable bonds is 3. The number of benzene rings is 1. The molecule has 1 atom stereocenters. The van der Waals surface area contributed by atoms with E-state index in [1.165, 1.54) is 0 Å². The van der Waals surface area contributed by atoms with Crippen LogP contribution in [0.3, 0.4) is 0 Å². The molecule has 0 saturated carbocycles. The fourth-order valence-electron chi connectivity index (χ4n) is 1.73.